The van der Waals surface area contributed by atoms with Crippen LogP contribution in [0.3, 0.4) is 0 Å². The standard InChI is InChI=1S/C21H26N4O/c1-15-4-3-5-16(10-15)11-20(26)25-9-6-17(14-25)21-22-12-18-13-24(2)8-7-19(18)23-21/h3-5,10,12,17H,6-9,11,13-14H2,1-2H3/t17-/m1/s1. The molecule has 136 valence electrons. The molecule has 4 rings (SSSR count). The Hall–Kier alpha value is -2.27. The van der Waals surface area contributed by atoms with E-state index >= 15 is 0 Å². The summed E-state index contributed by atoms with van der Waals surface area (Å²) in [5, 5.41) is 0. The Bertz CT molecular complexity index is 819. The van der Waals surface area contributed by atoms with Gasteiger partial charge in [0.15, 0.2) is 0 Å². The molecule has 0 aliphatic carbocycles. The molecule has 0 N–H and O–H groups in total. The SMILES string of the molecule is Cc1cccc(CC(=O)N2CC[C@@H](c3ncc4c(n3)CCN(C)C4)C2)c1. The number of fused-ring (bicyclic) bond motifs is 1. The number of aromatic nitrogens is 2. The average Bonchev–Trinajstić information content (AvgIpc) is 3.11. The van der Waals surface area contributed by atoms with Crippen molar-refractivity contribution >= 4 is 5.91 Å². The Morgan fingerprint density at radius 1 is 1.31 bits per heavy atom. The summed E-state index contributed by atoms with van der Waals surface area (Å²) in [6, 6.07) is 8.20. The Balaban J connectivity index is 1.41. The lowest BCUT2D eigenvalue weighted by Crippen LogP contribution is -2.30. The van der Waals surface area contributed by atoms with Crippen LogP contribution in [0.5, 0.6) is 0 Å². The van der Waals surface area contributed by atoms with E-state index in [1.165, 1.54) is 16.8 Å². The maximum Gasteiger partial charge on any atom is 0.227 e. The number of rotatable bonds is 3. The van der Waals surface area contributed by atoms with Crippen LogP contribution in [-0.4, -0.2) is 52.4 Å². The van der Waals surface area contributed by atoms with Gasteiger partial charge in [-0.25, -0.2) is 9.97 Å². The first-order valence-corrected chi connectivity index (χ1v) is 9.45. The molecule has 1 aromatic heterocycles. The Kier molecular flexibility index (Phi) is 4.72. The van der Waals surface area contributed by atoms with Crippen LogP contribution in [0.2, 0.25) is 0 Å². The highest BCUT2D eigenvalue weighted by Crippen LogP contribution is 2.27. The second-order valence-electron chi connectivity index (χ2n) is 7.68. The van der Waals surface area contributed by atoms with Crippen LogP contribution >= 0.6 is 0 Å². The summed E-state index contributed by atoms with van der Waals surface area (Å²) in [5.74, 6) is 1.39. The second-order valence-corrected chi connectivity index (χ2v) is 7.68. The van der Waals surface area contributed by atoms with E-state index in [2.05, 4.69) is 36.0 Å². The largest absolute Gasteiger partial charge is 0.342 e. The number of amides is 1. The van der Waals surface area contributed by atoms with Gasteiger partial charge in [-0.05, 0) is 26.0 Å². The van der Waals surface area contributed by atoms with Crippen LogP contribution in [0.25, 0.3) is 0 Å². The minimum absolute atomic E-state index is 0.206. The number of nitrogens with zero attached hydrogens (tertiary/aromatic N) is 4. The van der Waals surface area contributed by atoms with Gasteiger partial charge in [0.05, 0.1) is 6.42 Å². The third-order valence-corrected chi connectivity index (χ3v) is 5.49. The zero-order valence-corrected chi connectivity index (χ0v) is 15.6. The van der Waals surface area contributed by atoms with Gasteiger partial charge in [0.2, 0.25) is 5.91 Å². The van der Waals surface area contributed by atoms with Crippen molar-refractivity contribution in [3.05, 3.63) is 58.7 Å². The molecule has 0 radical (unpaired) electrons. The third kappa shape index (κ3) is 3.63. The molecule has 3 heterocycles. The zero-order valence-electron chi connectivity index (χ0n) is 15.6. The highest BCUT2D eigenvalue weighted by molar-refractivity contribution is 5.79. The minimum Gasteiger partial charge on any atom is -0.342 e. The topological polar surface area (TPSA) is 49.3 Å². The molecule has 0 bridgehead atoms. The van der Waals surface area contributed by atoms with Gasteiger partial charge in [-0.15, -0.1) is 0 Å². The predicted octanol–water partition coefficient (Wildman–Crippen LogP) is 2.33. The fraction of sp³-hybridized carbons (Fsp3) is 0.476. The van der Waals surface area contributed by atoms with Crippen molar-refractivity contribution in [2.24, 2.45) is 0 Å². The van der Waals surface area contributed by atoms with Crippen molar-refractivity contribution < 1.29 is 4.79 Å². The summed E-state index contributed by atoms with van der Waals surface area (Å²) in [6.45, 7) is 5.59. The smallest absolute Gasteiger partial charge is 0.227 e. The summed E-state index contributed by atoms with van der Waals surface area (Å²) in [4.78, 5) is 26.4. The maximum atomic E-state index is 12.7. The number of hydrogen-bond donors (Lipinski definition) is 0. The molecule has 0 spiro atoms. The monoisotopic (exact) mass is 350 g/mol. The first-order valence-electron chi connectivity index (χ1n) is 9.45. The molecule has 0 unspecified atom stereocenters. The summed E-state index contributed by atoms with van der Waals surface area (Å²) < 4.78 is 0. The summed E-state index contributed by atoms with van der Waals surface area (Å²) in [7, 11) is 2.13. The van der Waals surface area contributed by atoms with Crippen LogP contribution in [-0.2, 0) is 24.2 Å². The van der Waals surface area contributed by atoms with Crippen molar-refractivity contribution in [3.8, 4) is 0 Å². The van der Waals surface area contributed by atoms with Crippen molar-refractivity contribution in [1.29, 1.82) is 0 Å². The lowest BCUT2D eigenvalue weighted by molar-refractivity contribution is -0.129. The molecule has 26 heavy (non-hydrogen) atoms. The second kappa shape index (κ2) is 7.16. The van der Waals surface area contributed by atoms with Gasteiger partial charge < -0.3 is 9.80 Å². The van der Waals surface area contributed by atoms with Crippen LogP contribution in [0.4, 0.5) is 0 Å². The molecule has 1 aromatic carbocycles. The minimum atomic E-state index is 0.206. The molecule has 1 atom stereocenters. The molecule has 1 amide bonds. The number of benzene rings is 1. The summed E-state index contributed by atoms with van der Waals surface area (Å²) in [6.07, 6.45) is 4.42. The van der Waals surface area contributed by atoms with E-state index < -0.39 is 0 Å². The van der Waals surface area contributed by atoms with Crippen molar-refractivity contribution in [2.75, 3.05) is 26.7 Å². The highest BCUT2D eigenvalue weighted by atomic mass is 16.2. The van der Waals surface area contributed by atoms with E-state index in [0.717, 1.165) is 50.4 Å². The van der Waals surface area contributed by atoms with Crippen LogP contribution < -0.4 is 0 Å². The van der Waals surface area contributed by atoms with Crippen molar-refractivity contribution in [3.63, 3.8) is 0 Å². The van der Waals surface area contributed by atoms with E-state index in [1.807, 2.05) is 23.2 Å². The van der Waals surface area contributed by atoms with Crippen molar-refractivity contribution in [2.45, 2.75) is 38.6 Å². The molecule has 5 nitrogen and oxygen atoms in total. The number of likely N-dealkylation sites (N-methyl/N-ethyl adjacent to an activating group) is 1. The van der Waals surface area contributed by atoms with E-state index in [0.29, 0.717) is 6.42 Å². The Morgan fingerprint density at radius 3 is 3.04 bits per heavy atom. The zero-order chi connectivity index (χ0) is 18.1. The summed E-state index contributed by atoms with van der Waals surface area (Å²) in [5.41, 5.74) is 4.72. The van der Waals surface area contributed by atoms with Crippen LogP contribution in [0.1, 0.15) is 40.5 Å². The van der Waals surface area contributed by atoms with Crippen LogP contribution in [0, 0.1) is 6.92 Å². The molecule has 1 saturated heterocycles. The molecule has 2 aliphatic heterocycles. The van der Waals surface area contributed by atoms with Gasteiger partial charge in [-0.3, -0.25) is 4.79 Å². The molecule has 5 heteroatoms. The molecule has 0 saturated carbocycles. The highest BCUT2D eigenvalue weighted by Gasteiger charge is 2.29. The molecule has 2 aromatic rings. The van der Waals surface area contributed by atoms with Gasteiger partial charge >= 0.3 is 0 Å². The quantitative estimate of drug-likeness (QED) is 0.852. The van der Waals surface area contributed by atoms with Gasteiger partial charge in [-0.1, -0.05) is 29.8 Å². The molecular formula is C21H26N4O. The van der Waals surface area contributed by atoms with E-state index in [-0.39, 0.29) is 11.8 Å². The van der Waals surface area contributed by atoms with Gasteiger partial charge in [0.25, 0.3) is 0 Å². The molecule has 1 fully saturated rings. The first kappa shape index (κ1) is 17.2. The number of hydrogen-bond acceptors (Lipinski definition) is 4. The van der Waals surface area contributed by atoms with Gasteiger partial charge in [0.1, 0.15) is 5.82 Å². The Labute approximate surface area is 155 Å². The first-order chi connectivity index (χ1) is 12.6. The van der Waals surface area contributed by atoms with E-state index in [1.54, 1.807) is 0 Å². The molecular weight excluding hydrogens is 324 g/mol. The fourth-order valence-electron chi connectivity index (χ4n) is 3.98. The number of aryl methyl sites for hydroxylation is 1. The lowest BCUT2D eigenvalue weighted by Gasteiger charge is -2.24. The van der Waals surface area contributed by atoms with E-state index in [4.69, 9.17) is 4.98 Å². The number of likely N-dealkylation sites (tertiary alicyclic amines) is 1. The third-order valence-electron chi connectivity index (χ3n) is 5.49. The van der Waals surface area contributed by atoms with E-state index in [9.17, 15) is 4.79 Å². The predicted molar refractivity (Wildman–Crippen MR) is 101 cm³/mol. The van der Waals surface area contributed by atoms with Gasteiger partial charge in [-0.2, -0.15) is 0 Å². The normalized spacial score (nSPS) is 20.2. The fourth-order valence-corrected chi connectivity index (χ4v) is 3.98. The maximum absolute atomic E-state index is 12.7. The number of carbonyl (C=O) groups is 1. The molecule has 2 aliphatic rings. The Morgan fingerprint density at radius 2 is 2.19 bits per heavy atom. The van der Waals surface area contributed by atoms with Crippen LogP contribution in [0.15, 0.2) is 30.5 Å². The number of carbonyl (C=O) groups excluding carboxylic acids is 1. The van der Waals surface area contributed by atoms with Gasteiger partial charge in [0, 0.05) is 56.0 Å². The average molecular weight is 350 g/mol. The summed E-state index contributed by atoms with van der Waals surface area (Å²) >= 11 is 0. The van der Waals surface area contributed by atoms with Crippen molar-refractivity contribution in [1.82, 2.24) is 19.8 Å². The lowest BCUT2D eigenvalue weighted by atomic mass is 10.1.